The summed E-state index contributed by atoms with van der Waals surface area (Å²) in [4.78, 5) is 8.33. The van der Waals surface area contributed by atoms with Gasteiger partial charge in [0.2, 0.25) is 0 Å². The van der Waals surface area contributed by atoms with Crippen molar-refractivity contribution < 1.29 is 4.74 Å². The van der Waals surface area contributed by atoms with E-state index in [1.54, 1.807) is 25.4 Å². The molecule has 0 saturated carbocycles. The molecule has 0 radical (unpaired) electrons. The average molecular weight is 250 g/mol. The van der Waals surface area contributed by atoms with E-state index in [0.29, 0.717) is 22.4 Å². The fourth-order valence-corrected chi connectivity index (χ4v) is 1.94. The van der Waals surface area contributed by atoms with Gasteiger partial charge in [0.1, 0.15) is 11.6 Å². The Morgan fingerprint density at radius 2 is 2.12 bits per heavy atom. The molecule has 2 aromatic rings. The minimum atomic E-state index is 0.412. The maximum absolute atomic E-state index is 6.03. The zero-order valence-electron chi connectivity index (χ0n) is 9.57. The summed E-state index contributed by atoms with van der Waals surface area (Å²) in [7, 11) is 1.60. The maximum atomic E-state index is 6.03. The molecular weight excluding hydrogens is 238 g/mol. The van der Waals surface area contributed by atoms with Crippen LogP contribution in [-0.2, 0) is 0 Å². The number of nitrogen functional groups attached to an aromatic ring is 1. The van der Waals surface area contributed by atoms with E-state index >= 15 is 0 Å². The number of halogens is 1. The fourth-order valence-electron chi connectivity index (χ4n) is 1.67. The first-order chi connectivity index (χ1) is 8.11. The Labute approximate surface area is 104 Å². The normalized spacial score (nSPS) is 10.3. The van der Waals surface area contributed by atoms with Gasteiger partial charge < -0.3 is 10.5 Å². The van der Waals surface area contributed by atoms with Crippen LogP contribution in [0.15, 0.2) is 24.4 Å². The number of hydrogen-bond donors (Lipinski definition) is 1. The van der Waals surface area contributed by atoms with Gasteiger partial charge in [0.15, 0.2) is 5.82 Å². The zero-order chi connectivity index (χ0) is 12.4. The lowest BCUT2D eigenvalue weighted by atomic mass is 10.1. The molecule has 0 bridgehead atoms. The monoisotopic (exact) mass is 249 g/mol. The molecule has 0 saturated heterocycles. The molecule has 2 N–H and O–H groups in total. The van der Waals surface area contributed by atoms with Crippen molar-refractivity contribution in [2.75, 3.05) is 12.8 Å². The third kappa shape index (κ3) is 2.31. The molecule has 0 aliphatic carbocycles. The van der Waals surface area contributed by atoms with Crippen LogP contribution in [0.25, 0.3) is 11.4 Å². The van der Waals surface area contributed by atoms with E-state index < -0.39 is 0 Å². The number of hydrogen-bond acceptors (Lipinski definition) is 4. The van der Waals surface area contributed by atoms with Gasteiger partial charge in [0.05, 0.1) is 12.7 Å². The van der Waals surface area contributed by atoms with Crippen molar-refractivity contribution >= 4 is 17.4 Å². The van der Waals surface area contributed by atoms with E-state index in [-0.39, 0.29) is 0 Å². The quantitative estimate of drug-likeness (QED) is 0.889. The molecular formula is C12H12ClN3O. The molecule has 0 aliphatic heterocycles. The van der Waals surface area contributed by atoms with E-state index in [1.165, 1.54) is 0 Å². The Kier molecular flexibility index (Phi) is 3.15. The number of nitrogens with two attached hydrogens (primary N) is 1. The van der Waals surface area contributed by atoms with Crippen LogP contribution in [0.2, 0.25) is 5.02 Å². The Hall–Kier alpha value is -1.81. The molecule has 1 aromatic carbocycles. The van der Waals surface area contributed by atoms with E-state index in [2.05, 4.69) is 9.97 Å². The molecule has 0 aliphatic rings. The summed E-state index contributed by atoms with van der Waals surface area (Å²) in [6.45, 7) is 1.92. The highest BCUT2D eigenvalue weighted by Gasteiger charge is 2.12. The summed E-state index contributed by atoms with van der Waals surface area (Å²) in [5, 5.41) is 0.615. The Balaban J connectivity index is 2.65. The zero-order valence-corrected chi connectivity index (χ0v) is 10.3. The van der Waals surface area contributed by atoms with Gasteiger partial charge in [-0.3, -0.25) is 0 Å². The minimum absolute atomic E-state index is 0.412. The maximum Gasteiger partial charge on any atom is 0.165 e. The Morgan fingerprint density at radius 3 is 2.76 bits per heavy atom. The lowest BCUT2D eigenvalue weighted by Crippen LogP contribution is -1.98. The standard InChI is InChI=1S/C12H12ClN3O/c1-7-5-8(13)6-9(11(7)17-2)12-15-4-3-10(14)16-12/h3-6H,1-2H3,(H2,14,15,16). The molecule has 17 heavy (non-hydrogen) atoms. The van der Waals surface area contributed by atoms with Crippen molar-refractivity contribution in [2.45, 2.75) is 6.92 Å². The van der Waals surface area contributed by atoms with Crippen molar-refractivity contribution in [1.29, 1.82) is 0 Å². The number of benzene rings is 1. The highest BCUT2D eigenvalue weighted by atomic mass is 35.5. The average Bonchev–Trinajstić information content (AvgIpc) is 2.28. The summed E-state index contributed by atoms with van der Waals surface area (Å²) in [5.41, 5.74) is 7.31. The first-order valence-corrected chi connectivity index (χ1v) is 5.42. The number of nitrogens with zero attached hydrogens (tertiary/aromatic N) is 2. The number of aryl methyl sites for hydroxylation is 1. The topological polar surface area (TPSA) is 61.0 Å². The molecule has 1 heterocycles. The molecule has 1 aromatic heterocycles. The van der Waals surface area contributed by atoms with Crippen molar-refractivity contribution in [3.8, 4) is 17.1 Å². The lowest BCUT2D eigenvalue weighted by molar-refractivity contribution is 0.413. The SMILES string of the molecule is COc1c(C)cc(Cl)cc1-c1nccc(N)n1. The third-order valence-electron chi connectivity index (χ3n) is 2.36. The number of aromatic nitrogens is 2. The van der Waals surface area contributed by atoms with Gasteiger partial charge in [-0.1, -0.05) is 11.6 Å². The van der Waals surface area contributed by atoms with Crippen LogP contribution in [0.1, 0.15) is 5.56 Å². The van der Waals surface area contributed by atoms with Gasteiger partial charge in [0.25, 0.3) is 0 Å². The largest absolute Gasteiger partial charge is 0.496 e. The van der Waals surface area contributed by atoms with Gasteiger partial charge in [-0.2, -0.15) is 0 Å². The van der Waals surface area contributed by atoms with Crippen molar-refractivity contribution in [3.05, 3.63) is 35.0 Å². The Bertz CT molecular complexity index is 557. The van der Waals surface area contributed by atoms with Crippen molar-refractivity contribution in [2.24, 2.45) is 0 Å². The second kappa shape index (κ2) is 4.59. The van der Waals surface area contributed by atoms with Crippen LogP contribution in [0, 0.1) is 6.92 Å². The van der Waals surface area contributed by atoms with Gasteiger partial charge >= 0.3 is 0 Å². The van der Waals surface area contributed by atoms with Crippen LogP contribution >= 0.6 is 11.6 Å². The van der Waals surface area contributed by atoms with E-state index in [9.17, 15) is 0 Å². The highest BCUT2D eigenvalue weighted by Crippen LogP contribution is 2.33. The molecule has 0 spiro atoms. The van der Waals surface area contributed by atoms with E-state index in [1.807, 2.05) is 13.0 Å². The molecule has 0 atom stereocenters. The predicted octanol–water partition coefficient (Wildman–Crippen LogP) is 2.70. The second-order valence-corrected chi connectivity index (χ2v) is 4.05. The molecule has 88 valence electrons. The first kappa shape index (κ1) is 11.7. The highest BCUT2D eigenvalue weighted by molar-refractivity contribution is 6.31. The van der Waals surface area contributed by atoms with E-state index in [4.69, 9.17) is 22.1 Å². The summed E-state index contributed by atoms with van der Waals surface area (Å²) < 4.78 is 5.35. The number of ether oxygens (including phenoxy) is 1. The molecule has 0 unspecified atom stereocenters. The molecule has 0 fully saturated rings. The van der Waals surface area contributed by atoms with E-state index in [0.717, 1.165) is 11.1 Å². The van der Waals surface area contributed by atoms with Crippen molar-refractivity contribution in [3.63, 3.8) is 0 Å². The van der Waals surface area contributed by atoms with Crippen LogP contribution in [0.4, 0.5) is 5.82 Å². The molecule has 5 heteroatoms. The second-order valence-electron chi connectivity index (χ2n) is 3.61. The third-order valence-corrected chi connectivity index (χ3v) is 2.58. The molecule has 2 rings (SSSR count). The van der Waals surface area contributed by atoms with Crippen LogP contribution < -0.4 is 10.5 Å². The number of rotatable bonds is 2. The summed E-state index contributed by atoms with van der Waals surface area (Å²) in [6, 6.07) is 5.23. The van der Waals surface area contributed by atoms with Crippen LogP contribution in [0.5, 0.6) is 5.75 Å². The fraction of sp³-hybridized carbons (Fsp3) is 0.167. The molecule has 0 amide bonds. The summed E-state index contributed by atoms with van der Waals surface area (Å²) in [5.74, 6) is 1.63. The first-order valence-electron chi connectivity index (χ1n) is 5.05. The number of methoxy groups -OCH3 is 1. The predicted molar refractivity (Wildman–Crippen MR) is 68.2 cm³/mol. The lowest BCUT2D eigenvalue weighted by Gasteiger charge is -2.11. The van der Waals surface area contributed by atoms with Crippen LogP contribution in [0.3, 0.4) is 0 Å². The van der Waals surface area contributed by atoms with Crippen molar-refractivity contribution in [1.82, 2.24) is 9.97 Å². The minimum Gasteiger partial charge on any atom is -0.496 e. The Morgan fingerprint density at radius 1 is 1.35 bits per heavy atom. The van der Waals surface area contributed by atoms with Gasteiger partial charge in [-0.05, 0) is 30.7 Å². The van der Waals surface area contributed by atoms with Gasteiger partial charge in [-0.25, -0.2) is 9.97 Å². The van der Waals surface area contributed by atoms with Crippen LogP contribution in [-0.4, -0.2) is 17.1 Å². The number of anilines is 1. The smallest absolute Gasteiger partial charge is 0.165 e. The summed E-state index contributed by atoms with van der Waals surface area (Å²) in [6.07, 6.45) is 1.60. The van der Waals surface area contributed by atoms with Gasteiger partial charge in [-0.15, -0.1) is 0 Å². The molecule has 4 nitrogen and oxygen atoms in total. The summed E-state index contributed by atoms with van der Waals surface area (Å²) >= 11 is 6.03. The van der Waals surface area contributed by atoms with Gasteiger partial charge in [0, 0.05) is 11.2 Å².